The van der Waals surface area contributed by atoms with Gasteiger partial charge in [-0.2, -0.15) is 13.2 Å². The zero-order valence-corrected chi connectivity index (χ0v) is 25.8. The second-order valence-corrected chi connectivity index (χ2v) is 12.7. The Kier molecular flexibility index (Phi) is 11.0. The van der Waals surface area contributed by atoms with E-state index in [4.69, 9.17) is 0 Å². The van der Waals surface area contributed by atoms with Gasteiger partial charge in [0.15, 0.2) is 0 Å². The summed E-state index contributed by atoms with van der Waals surface area (Å²) in [5.41, 5.74) is 1.01. The third-order valence-corrected chi connectivity index (χ3v) is 8.81. The number of carbonyl (C=O) groups is 2. The average Bonchev–Trinajstić information content (AvgIpc) is 2.95. The lowest BCUT2D eigenvalue weighted by atomic mass is 10.1. The maximum absolute atomic E-state index is 14.1. The normalized spacial score (nSPS) is 12.6. The topological polar surface area (TPSA) is 86.8 Å². The highest BCUT2D eigenvalue weighted by Gasteiger charge is 2.36. The molecule has 2 amide bonds. The van der Waals surface area contributed by atoms with Crippen LogP contribution in [0.3, 0.4) is 0 Å². The van der Waals surface area contributed by atoms with E-state index in [0.29, 0.717) is 16.9 Å². The van der Waals surface area contributed by atoms with Crippen molar-refractivity contribution in [2.45, 2.75) is 64.7 Å². The molecule has 0 radical (unpaired) electrons. The van der Waals surface area contributed by atoms with Crippen LogP contribution in [0.5, 0.6) is 0 Å². The molecule has 3 aromatic carbocycles. The van der Waals surface area contributed by atoms with E-state index >= 15 is 0 Å². The zero-order chi connectivity index (χ0) is 31.9. The molecular weight excluding hydrogens is 579 g/mol. The number of alkyl halides is 3. The molecule has 232 valence electrons. The number of hydrogen-bond donors (Lipinski definition) is 1. The van der Waals surface area contributed by atoms with Crippen LogP contribution >= 0.6 is 0 Å². The van der Waals surface area contributed by atoms with Gasteiger partial charge in [0.2, 0.25) is 11.8 Å². The minimum atomic E-state index is -4.74. The Morgan fingerprint density at radius 2 is 1.58 bits per heavy atom. The summed E-state index contributed by atoms with van der Waals surface area (Å²) < 4.78 is 69.5. The van der Waals surface area contributed by atoms with E-state index in [0.717, 1.165) is 28.8 Å². The molecule has 0 saturated heterocycles. The zero-order valence-electron chi connectivity index (χ0n) is 25.0. The van der Waals surface area contributed by atoms with Crippen LogP contribution in [0.1, 0.15) is 49.4 Å². The van der Waals surface area contributed by atoms with Crippen LogP contribution in [-0.4, -0.2) is 44.3 Å². The molecule has 11 heteroatoms. The van der Waals surface area contributed by atoms with Gasteiger partial charge in [-0.05, 0) is 67.6 Å². The van der Waals surface area contributed by atoms with Crippen molar-refractivity contribution < 1.29 is 31.2 Å². The molecule has 3 rings (SSSR count). The summed E-state index contributed by atoms with van der Waals surface area (Å²) in [6.45, 7) is 8.78. The Morgan fingerprint density at radius 1 is 0.930 bits per heavy atom. The van der Waals surface area contributed by atoms with Gasteiger partial charge in [-0.25, -0.2) is 8.42 Å². The highest BCUT2D eigenvalue weighted by Crippen LogP contribution is 2.33. The molecule has 0 aliphatic rings. The van der Waals surface area contributed by atoms with Crippen LogP contribution in [0, 0.1) is 19.8 Å². The summed E-state index contributed by atoms with van der Waals surface area (Å²) in [4.78, 5) is 28.5. The number of halogens is 3. The average molecular weight is 618 g/mol. The first-order valence-corrected chi connectivity index (χ1v) is 15.5. The number of nitrogens with one attached hydrogen (secondary N) is 1. The van der Waals surface area contributed by atoms with Crippen molar-refractivity contribution in [2.75, 3.05) is 17.4 Å². The number of rotatable bonds is 12. The molecule has 7 nitrogen and oxygen atoms in total. The van der Waals surface area contributed by atoms with Crippen LogP contribution in [0.4, 0.5) is 18.9 Å². The fraction of sp³-hybridized carbons (Fsp3) is 0.375. The van der Waals surface area contributed by atoms with Crippen LogP contribution in [0.2, 0.25) is 0 Å². The van der Waals surface area contributed by atoms with Crippen LogP contribution in [0.15, 0.2) is 77.7 Å². The standard InChI is InChI=1S/C32H38F3N3O4S/c1-6-29(31(40)36-19-22(2)3)37(20-25-11-8-7-10-24(25)5)30(39)21-38(27-13-9-12-26(18-27)32(33,34)35)43(41,42)28-16-14-23(4)15-17-28/h7-18,22,29H,6,19-21H2,1-5H3,(H,36,40). The first-order chi connectivity index (χ1) is 20.1. The van der Waals surface area contributed by atoms with Crippen LogP contribution in [0.25, 0.3) is 0 Å². The highest BCUT2D eigenvalue weighted by atomic mass is 32.2. The Labute approximate surface area is 251 Å². The smallest absolute Gasteiger partial charge is 0.354 e. The van der Waals surface area contributed by atoms with E-state index in [1.165, 1.54) is 23.1 Å². The number of benzene rings is 3. The molecule has 0 bridgehead atoms. The van der Waals surface area contributed by atoms with Gasteiger partial charge in [-0.1, -0.05) is 68.8 Å². The monoisotopic (exact) mass is 617 g/mol. The predicted molar refractivity (Wildman–Crippen MR) is 161 cm³/mol. The van der Waals surface area contributed by atoms with E-state index in [2.05, 4.69) is 5.32 Å². The Morgan fingerprint density at radius 3 is 2.16 bits per heavy atom. The molecule has 0 heterocycles. The number of nitrogens with zero attached hydrogens (tertiary/aromatic N) is 2. The van der Waals surface area contributed by atoms with E-state index in [-0.39, 0.29) is 29.5 Å². The third-order valence-electron chi connectivity index (χ3n) is 7.02. The summed E-state index contributed by atoms with van der Waals surface area (Å²) >= 11 is 0. The summed E-state index contributed by atoms with van der Waals surface area (Å²) in [5.74, 6) is -0.980. The summed E-state index contributed by atoms with van der Waals surface area (Å²) in [5, 5.41) is 2.85. The Balaban J connectivity index is 2.12. The number of amides is 2. The molecule has 0 aromatic heterocycles. The molecule has 0 spiro atoms. The van der Waals surface area contributed by atoms with Gasteiger partial charge in [-0.15, -0.1) is 0 Å². The minimum absolute atomic E-state index is 0.000121. The van der Waals surface area contributed by atoms with Crippen molar-refractivity contribution >= 4 is 27.5 Å². The first kappa shape index (κ1) is 33.6. The maximum atomic E-state index is 14.1. The number of aryl methyl sites for hydroxylation is 2. The van der Waals surface area contributed by atoms with E-state index in [9.17, 15) is 31.2 Å². The highest BCUT2D eigenvalue weighted by molar-refractivity contribution is 7.92. The molecule has 3 aromatic rings. The molecule has 0 aliphatic carbocycles. The lowest BCUT2D eigenvalue weighted by Gasteiger charge is -2.33. The van der Waals surface area contributed by atoms with Gasteiger partial charge in [0, 0.05) is 13.1 Å². The van der Waals surface area contributed by atoms with Crippen molar-refractivity contribution in [2.24, 2.45) is 5.92 Å². The van der Waals surface area contributed by atoms with Gasteiger partial charge in [-0.3, -0.25) is 13.9 Å². The van der Waals surface area contributed by atoms with Crippen molar-refractivity contribution in [3.63, 3.8) is 0 Å². The molecule has 43 heavy (non-hydrogen) atoms. The number of carbonyl (C=O) groups excluding carboxylic acids is 2. The van der Waals surface area contributed by atoms with Gasteiger partial charge in [0.1, 0.15) is 12.6 Å². The lowest BCUT2D eigenvalue weighted by Crippen LogP contribution is -2.52. The quantitative estimate of drug-likeness (QED) is 0.266. The van der Waals surface area contributed by atoms with Crippen molar-refractivity contribution in [3.8, 4) is 0 Å². The molecule has 1 N–H and O–H groups in total. The third kappa shape index (κ3) is 8.59. The summed E-state index contributed by atoms with van der Waals surface area (Å²) in [6, 6.07) is 16.0. The lowest BCUT2D eigenvalue weighted by molar-refractivity contribution is -0.140. The second-order valence-electron chi connectivity index (χ2n) is 10.9. The van der Waals surface area contributed by atoms with E-state index in [1.807, 2.05) is 39.0 Å². The Hall–Kier alpha value is -3.86. The first-order valence-electron chi connectivity index (χ1n) is 14.0. The largest absolute Gasteiger partial charge is 0.416 e. The van der Waals surface area contributed by atoms with E-state index in [1.54, 1.807) is 32.0 Å². The minimum Gasteiger partial charge on any atom is -0.354 e. The Bertz CT molecular complexity index is 1520. The van der Waals surface area contributed by atoms with Crippen LogP contribution in [-0.2, 0) is 32.3 Å². The maximum Gasteiger partial charge on any atom is 0.416 e. The molecule has 1 atom stereocenters. The van der Waals surface area contributed by atoms with Crippen molar-refractivity contribution in [1.29, 1.82) is 0 Å². The van der Waals surface area contributed by atoms with Crippen molar-refractivity contribution in [1.82, 2.24) is 10.2 Å². The molecular formula is C32H38F3N3O4S. The molecule has 0 fully saturated rings. The van der Waals surface area contributed by atoms with Gasteiger partial charge < -0.3 is 10.2 Å². The number of anilines is 1. The molecule has 0 aliphatic heterocycles. The van der Waals surface area contributed by atoms with Gasteiger partial charge in [0.05, 0.1) is 16.1 Å². The predicted octanol–water partition coefficient (Wildman–Crippen LogP) is 6.10. The van der Waals surface area contributed by atoms with E-state index < -0.39 is 46.2 Å². The SMILES string of the molecule is CCC(C(=O)NCC(C)C)N(Cc1ccccc1C)C(=O)CN(c1cccc(C(F)(F)F)c1)S(=O)(=O)c1ccc(C)cc1. The van der Waals surface area contributed by atoms with Gasteiger partial charge >= 0.3 is 6.18 Å². The fourth-order valence-electron chi connectivity index (χ4n) is 4.52. The molecule has 0 saturated carbocycles. The number of sulfonamides is 1. The fourth-order valence-corrected chi connectivity index (χ4v) is 5.92. The summed E-state index contributed by atoms with van der Waals surface area (Å²) in [7, 11) is -4.50. The van der Waals surface area contributed by atoms with Crippen molar-refractivity contribution in [3.05, 3.63) is 95.1 Å². The number of hydrogen-bond acceptors (Lipinski definition) is 4. The summed E-state index contributed by atoms with van der Waals surface area (Å²) in [6.07, 6.45) is -4.51. The van der Waals surface area contributed by atoms with Crippen LogP contribution < -0.4 is 9.62 Å². The second kappa shape index (κ2) is 14.1. The molecule has 1 unspecified atom stereocenters. The van der Waals surface area contributed by atoms with Gasteiger partial charge in [0.25, 0.3) is 10.0 Å².